The Bertz CT molecular complexity index is 561. The molecule has 0 unspecified atom stereocenters. The van der Waals surface area contributed by atoms with E-state index in [9.17, 15) is 18.0 Å². The van der Waals surface area contributed by atoms with E-state index in [1.807, 2.05) is 13.8 Å². The maximum Gasteiger partial charge on any atom is 0.416 e. The summed E-state index contributed by atoms with van der Waals surface area (Å²) >= 11 is 0. The fraction of sp³-hybridized carbons (Fsp3) is 0.500. The maximum atomic E-state index is 12.6. The van der Waals surface area contributed by atoms with E-state index in [1.54, 1.807) is 11.9 Å². The SMILES string of the molecule is CCNC(=O)CN=C(NCC)N(C)Cc1ccc(C(F)(F)F)cc1.I. The fourth-order valence-electron chi connectivity index (χ4n) is 2.02. The smallest absolute Gasteiger partial charge is 0.357 e. The molecule has 5 nitrogen and oxygen atoms in total. The molecule has 0 fully saturated rings. The molecule has 1 rings (SSSR count). The van der Waals surface area contributed by atoms with Gasteiger partial charge in [-0.05, 0) is 31.5 Å². The van der Waals surface area contributed by atoms with Crippen LogP contribution in [-0.2, 0) is 17.5 Å². The van der Waals surface area contributed by atoms with Crippen LogP contribution in [0.15, 0.2) is 29.3 Å². The molecular formula is C16H24F3IN4O. The van der Waals surface area contributed by atoms with Crippen LogP contribution in [0.3, 0.4) is 0 Å². The molecule has 0 heterocycles. The van der Waals surface area contributed by atoms with Gasteiger partial charge in [0, 0.05) is 26.7 Å². The quantitative estimate of drug-likeness (QED) is 0.381. The molecule has 1 aromatic rings. The van der Waals surface area contributed by atoms with Crippen LogP contribution >= 0.6 is 24.0 Å². The van der Waals surface area contributed by atoms with Gasteiger partial charge in [0.25, 0.3) is 0 Å². The number of alkyl halides is 3. The van der Waals surface area contributed by atoms with E-state index in [1.165, 1.54) is 12.1 Å². The van der Waals surface area contributed by atoms with Crippen LogP contribution in [0.5, 0.6) is 0 Å². The highest BCUT2D eigenvalue weighted by Gasteiger charge is 2.29. The molecule has 9 heteroatoms. The number of rotatable bonds is 6. The molecule has 2 N–H and O–H groups in total. The van der Waals surface area contributed by atoms with Gasteiger partial charge >= 0.3 is 6.18 Å². The first-order valence-corrected chi connectivity index (χ1v) is 7.70. The van der Waals surface area contributed by atoms with Crippen molar-refractivity contribution in [2.24, 2.45) is 4.99 Å². The molecule has 1 amide bonds. The van der Waals surface area contributed by atoms with Crippen LogP contribution in [0, 0.1) is 0 Å². The number of likely N-dealkylation sites (N-methyl/N-ethyl adjacent to an activating group) is 1. The van der Waals surface area contributed by atoms with Gasteiger partial charge in [-0.15, -0.1) is 24.0 Å². The lowest BCUT2D eigenvalue weighted by molar-refractivity contribution is -0.137. The van der Waals surface area contributed by atoms with Crippen molar-refractivity contribution in [3.63, 3.8) is 0 Å². The molecule has 0 saturated carbocycles. The van der Waals surface area contributed by atoms with E-state index in [4.69, 9.17) is 0 Å². The van der Waals surface area contributed by atoms with Crippen molar-refractivity contribution >= 4 is 35.8 Å². The predicted octanol–water partition coefficient (Wildman–Crippen LogP) is 2.86. The summed E-state index contributed by atoms with van der Waals surface area (Å²) in [7, 11) is 1.76. The van der Waals surface area contributed by atoms with Crippen LogP contribution in [0.2, 0.25) is 0 Å². The number of benzene rings is 1. The van der Waals surface area contributed by atoms with E-state index in [0.29, 0.717) is 31.2 Å². The first-order valence-electron chi connectivity index (χ1n) is 7.70. The zero-order chi connectivity index (χ0) is 18.2. The summed E-state index contributed by atoms with van der Waals surface area (Å²) in [4.78, 5) is 17.5. The maximum absolute atomic E-state index is 12.6. The number of carbonyl (C=O) groups excluding carboxylic acids is 1. The lowest BCUT2D eigenvalue weighted by Crippen LogP contribution is -2.39. The van der Waals surface area contributed by atoms with Crippen LogP contribution < -0.4 is 10.6 Å². The second-order valence-electron chi connectivity index (χ2n) is 5.17. The molecule has 0 aromatic heterocycles. The Hall–Kier alpha value is -1.52. The standard InChI is InChI=1S/C16H23F3N4O.HI/c1-4-20-14(24)10-22-15(21-5-2)23(3)11-12-6-8-13(9-7-12)16(17,18)19;/h6-9H,4-5,10-11H2,1-3H3,(H,20,24)(H,21,22);1H. The van der Waals surface area contributed by atoms with Gasteiger partial charge < -0.3 is 15.5 Å². The molecule has 0 aliphatic rings. The van der Waals surface area contributed by atoms with Crippen LogP contribution in [0.4, 0.5) is 13.2 Å². The van der Waals surface area contributed by atoms with Crippen LogP contribution in [0.25, 0.3) is 0 Å². The Morgan fingerprint density at radius 3 is 2.16 bits per heavy atom. The molecule has 0 bridgehead atoms. The van der Waals surface area contributed by atoms with Gasteiger partial charge in [-0.2, -0.15) is 13.2 Å². The van der Waals surface area contributed by atoms with Crippen molar-refractivity contribution < 1.29 is 18.0 Å². The molecule has 0 spiro atoms. The summed E-state index contributed by atoms with van der Waals surface area (Å²) < 4.78 is 37.7. The number of amides is 1. The summed E-state index contributed by atoms with van der Waals surface area (Å²) in [5, 5.41) is 5.70. The highest BCUT2D eigenvalue weighted by molar-refractivity contribution is 14.0. The van der Waals surface area contributed by atoms with E-state index in [2.05, 4.69) is 15.6 Å². The fourth-order valence-corrected chi connectivity index (χ4v) is 2.02. The van der Waals surface area contributed by atoms with Gasteiger partial charge in [0.05, 0.1) is 5.56 Å². The third kappa shape index (κ3) is 8.41. The zero-order valence-electron chi connectivity index (χ0n) is 14.5. The van der Waals surface area contributed by atoms with Gasteiger partial charge in [-0.3, -0.25) is 4.79 Å². The molecular weight excluding hydrogens is 448 g/mol. The molecule has 0 saturated heterocycles. The van der Waals surface area contributed by atoms with E-state index in [-0.39, 0.29) is 36.4 Å². The van der Waals surface area contributed by atoms with Crippen molar-refractivity contribution in [2.45, 2.75) is 26.6 Å². The van der Waals surface area contributed by atoms with Crippen LogP contribution in [0.1, 0.15) is 25.0 Å². The Labute approximate surface area is 163 Å². The van der Waals surface area contributed by atoms with Crippen molar-refractivity contribution in [3.05, 3.63) is 35.4 Å². The average molecular weight is 472 g/mol. The van der Waals surface area contributed by atoms with Crippen molar-refractivity contribution in [1.29, 1.82) is 0 Å². The number of guanidine groups is 1. The second-order valence-corrected chi connectivity index (χ2v) is 5.17. The summed E-state index contributed by atoms with van der Waals surface area (Å²) in [5.74, 6) is 0.333. The highest BCUT2D eigenvalue weighted by Crippen LogP contribution is 2.29. The minimum absolute atomic E-state index is 0. The molecule has 25 heavy (non-hydrogen) atoms. The number of nitrogens with zero attached hydrogens (tertiary/aromatic N) is 2. The van der Waals surface area contributed by atoms with Crippen molar-refractivity contribution in [2.75, 3.05) is 26.7 Å². The number of hydrogen-bond donors (Lipinski definition) is 2. The number of carbonyl (C=O) groups is 1. The third-order valence-corrected chi connectivity index (χ3v) is 3.14. The summed E-state index contributed by atoms with van der Waals surface area (Å²) in [5.41, 5.74) is 0.0415. The summed E-state index contributed by atoms with van der Waals surface area (Å²) in [6.07, 6.45) is -4.34. The normalized spacial score (nSPS) is 11.5. The zero-order valence-corrected chi connectivity index (χ0v) is 16.8. The van der Waals surface area contributed by atoms with Gasteiger partial charge in [-0.1, -0.05) is 12.1 Å². The lowest BCUT2D eigenvalue weighted by Gasteiger charge is -2.22. The molecule has 0 atom stereocenters. The summed E-state index contributed by atoms with van der Waals surface area (Å²) in [6, 6.07) is 4.99. The molecule has 1 aromatic carbocycles. The number of halogens is 4. The monoisotopic (exact) mass is 472 g/mol. The topological polar surface area (TPSA) is 56.7 Å². The number of aliphatic imine (C=N–C) groups is 1. The molecule has 0 aliphatic carbocycles. The first-order chi connectivity index (χ1) is 11.3. The lowest BCUT2D eigenvalue weighted by atomic mass is 10.1. The Morgan fingerprint density at radius 1 is 1.12 bits per heavy atom. The van der Waals surface area contributed by atoms with E-state index in [0.717, 1.165) is 12.1 Å². The van der Waals surface area contributed by atoms with Gasteiger partial charge in [0.1, 0.15) is 6.54 Å². The minimum Gasteiger partial charge on any atom is -0.357 e. The van der Waals surface area contributed by atoms with Gasteiger partial charge in [0.2, 0.25) is 5.91 Å². The Kier molecular flexibility index (Phi) is 10.5. The minimum atomic E-state index is -4.34. The Morgan fingerprint density at radius 2 is 1.68 bits per heavy atom. The van der Waals surface area contributed by atoms with Crippen molar-refractivity contribution in [1.82, 2.24) is 15.5 Å². The predicted molar refractivity (Wildman–Crippen MR) is 103 cm³/mol. The molecule has 0 radical (unpaired) electrons. The molecule has 142 valence electrons. The second kappa shape index (κ2) is 11.2. The average Bonchev–Trinajstić information content (AvgIpc) is 2.51. The number of hydrogen-bond acceptors (Lipinski definition) is 2. The number of nitrogens with one attached hydrogen (secondary N) is 2. The third-order valence-electron chi connectivity index (χ3n) is 3.14. The van der Waals surface area contributed by atoms with Gasteiger partial charge in [0.15, 0.2) is 5.96 Å². The molecule has 0 aliphatic heterocycles. The highest BCUT2D eigenvalue weighted by atomic mass is 127. The van der Waals surface area contributed by atoms with E-state index < -0.39 is 11.7 Å². The van der Waals surface area contributed by atoms with Gasteiger partial charge in [-0.25, -0.2) is 4.99 Å². The summed E-state index contributed by atoms with van der Waals surface area (Å²) in [6.45, 7) is 5.24. The Balaban J connectivity index is 0.00000576. The van der Waals surface area contributed by atoms with Crippen LogP contribution in [-0.4, -0.2) is 43.4 Å². The van der Waals surface area contributed by atoms with E-state index >= 15 is 0 Å². The largest absolute Gasteiger partial charge is 0.416 e. The van der Waals surface area contributed by atoms with Crippen molar-refractivity contribution in [3.8, 4) is 0 Å². The first kappa shape index (κ1) is 23.5.